The summed E-state index contributed by atoms with van der Waals surface area (Å²) in [5, 5.41) is 10.5. The van der Waals surface area contributed by atoms with E-state index < -0.39 is 72.1 Å². The zero-order chi connectivity index (χ0) is 42.5. The minimum atomic E-state index is -1.27. The summed E-state index contributed by atoms with van der Waals surface area (Å²) >= 11 is 0. The molecule has 5 atom stereocenters. The molecule has 314 valence electrons. The number of carbonyl (C=O) groups excluding carboxylic acids is 7. The van der Waals surface area contributed by atoms with Crippen molar-refractivity contribution in [1.82, 2.24) is 26.2 Å². The van der Waals surface area contributed by atoms with E-state index in [4.69, 9.17) is 10.5 Å². The summed E-state index contributed by atoms with van der Waals surface area (Å²) in [6, 6.07) is 18.9. The van der Waals surface area contributed by atoms with Crippen LogP contribution in [0.3, 0.4) is 0 Å². The van der Waals surface area contributed by atoms with E-state index >= 15 is 0 Å². The molecule has 2 fully saturated rings. The molecule has 14 heteroatoms. The molecule has 1 saturated carbocycles. The molecule has 14 nitrogen and oxygen atoms in total. The Morgan fingerprint density at radius 1 is 0.831 bits per heavy atom. The number of aryl methyl sites for hydroxylation is 1. The maximum absolute atomic E-state index is 14.8. The Kier molecular flexibility index (Phi) is 15.9. The first-order valence-corrected chi connectivity index (χ1v) is 20.5. The van der Waals surface area contributed by atoms with E-state index in [-0.39, 0.29) is 37.8 Å². The minimum Gasteiger partial charge on any atom is -0.372 e. The number of ketones is 1. The van der Waals surface area contributed by atoms with Gasteiger partial charge in [-0.25, -0.2) is 0 Å². The Morgan fingerprint density at radius 2 is 1.51 bits per heavy atom. The lowest BCUT2D eigenvalue weighted by atomic mass is 9.83. The van der Waals surface area contributed by atoms with Crippen molar-refractivity contribution < 1.29 is 38.3 Å². The largest absolute Gasteiger partial charge is 0.372 e. The SMILES string of the molecule is CCCC(NC(=O)[C@@H]1C[C@@H](OCc2ccccc2)CN1C(=O)C(NC(=O)c1cccc(C)c1C)C1CCCCC1)C(=O)C(=O)NCC(=O)N[C@@H](C(N)=O)c1ccccc1. The molecular formula is C45H56N6O8. The van der Waals surface area contributed by atoms with Gasteiger partial charge in [0.1, 0.15) is 18.1 Å². The Labute approximate surface area is 345 Å². The molecule has 1 heterocycles. The van der Waals surface area contributed by atoms with Gasteiger partial charge in [-0.05, 0) is 67.3 Å². The van der Waals surface area contributed by atoms with Crippen LogP contribution in [0, 0.1) is 19.8 Å². The van der Waals surface area contributed by atoms with Crippen LogP contribution in [0.15, 0.2) is 78.9 Å². The number of amides is 6. The number of primary amides is 1. The highest BCUT2D eigenvalue weighted by Gasteiger charge is 2.45. The van der Waals surface area contributed by atoms with E-state index in [1.165, 1.54) is 4.90 Å². The van der Waals surface area contributed by atoms with Crippen molar-refractivity contribution in [2.75, 3.05) is 13.1 Å². The van der Waals surface area contributed by atoms with Gasteiger partial charge < -0.3 is 36.6 Å². The number of Topliss-reactive ketones (excluding diaryl/α,β-unsaturated/α-hetero) is 1. The van der Waals surface area contributed by atoms with E-state index in [1.54, 1.807) is 49.4 Å². The van der Waals surface area contributed by atoms with Crippen LogP contribution >= 0.6 is 0 Å². The molecule has 0 radical (unpaired) electrons. The zero-order valence-corrected chi connectivity index (χ0v) is 34.0. The van der Waals surface area contributed by atoms with Gasteiger partial charge in [0.05, 0.1) is 25.3 Å². The smallest absolute Gasteiger partial charge is 0.290 e. The topological polar surface area (TPSA) is 206 Å². The van der Waals surface area contributed by atoms with Crippen LogP contribution in [-0.4, -0.2) is 83.4 Å². The third-order valence-electron chi connectivity index (χ3n) is 11.3. The molecule has 3 aromatic rings. The molecule has 3 aromatic carbocycles. The van der Waals surface area contributed by atoms with Gasteiger partial charge in [-0.15, -0.1) is 0 Å². The fourth-order valence-corrected chi connectivity index (χ4v) is 7.85. The molecule has 6 N–H and O–H groups in total. The maximum atomic E-state index is 14.8. The first kappa shape index (κ1) is 44.2. The minimum absolute atomic E-state index is 0.0730. The van der Waals surface area contributed by atoms with Crippen LogP contribution in [0.4, 0.5) is 0 Å². The van der Waals surface area contributed by atoms with Crippen LogP contribution in [0.5, 0.6) is 0 Å². The number of ether oxygens (including phenoxy) is 1. The van der Waals surface area contributed by atoms with Crippen LogP contribution in [0.2, 0.25) is 0 Å². The molecule has 1 aliphatic carbocycles. The molecule has 2 aliphatic rings. The lowest BCUT2D eigenvalue weighted by molar-refractivity contribution is -0.143. The third kappa shape index (κ3) is 11.8. The van der Waals surface area contributed by atoms with Crippen molar-refractivity contribution in [3.8, 4) is 0 Å². The summed E-state index contributed by atoms with van der Waals surface area (Å²) in [6.45, 7) is 5.26. The molecular weight excluding hydrogens is 753 g/mol. The summed E-state index contributed by atoms with van der Waals surface area (Å²) in [5.74, 6) is -5.22. The zero-order valence-electron chi connectivity index (χ0n) is 34.0. The molecule has 0 aromatic heterocycles. The average Bonchev–Trinajstić information content (AvgIpc) is 3.69. The van der Waals surface area contributed by atoms with Gasteiger partial charge in [-0.2, -0.15) is 0 Å². The van der Waals surface area contributed by atoms with Crippen LogP contribution in [0.25, 0.3) is 0 Å². The molecule has 1 aliphatic heterocycles. The van der Waals surface area contributed by atoms with Crippen molar-refractivity contribution in [2.45, 2.75) is 109 Å². The third-order valence-corrected chi connectivity index (χ3v) is 11.3. The number of rotatable bonds is 18. The van der Waals surface area contributed by atoms with E-state index in [9.17, 15) is 33.6 Å². The molecule has 1 saturated heterocycles. The average molecular weight is 809 g/mol. The second kappa shape index (κ2) is 21.2. The van der Waals surface area contributed by atoms with Crippen LogP contribution in [0.1, 0.15) is 96.9 Å². The fourth-order valence-electron chi connectivity index (χ4n) is 7.85. The lowest BCUT2D eigenvalue weighted by Crippen LogP contribution is -2.58. The second-order valence-electron chi connectivity index (χ2n) is 15.5. The van der Waals surface area contributed by atoms with E-state index in [1.807, 2.05) is 50.2 Å². The monoisotopic (exact) mass is 808 g/mol. The number of likely N-dealkylation sites (tertiary alicyclic amines) is 1. The van der Waals surface area contributed by atoms with Gasteiger partial charge in [0.25, 0.3) is 11.8 Å². The fraction of sp³-hybridized carbons (Fsp3) is 0.444. The summed E-state index contributed by atoms with van der Waals surface area (Å²) in [6.07, 6.45) is 4.41. The Hall–Kier alpha value is -5.89. The first-order chi connectivity index (χ1) is 28.4. The first-order valence-electron chi connectivity index (χ1n) is 20.5. The van der Waals surface area contributed by atoms with Crippen molar-refractivity contribution in [3.05, 3.63) is 107 Å². The molecule has 0 spiro atoms. The summed E-state index contributed by atoms with van der Waals surface area (Å²) in [4.78, 5) is 95.8. The van der Waals surface area contributed by atoms with E-state index in [2.05, 4.69) is 21.3 Å². The molecule has 0 bridgehead atoms. The summed E-state index contributed by atoms with van der Waals surface area (Å²) in [5.41, 5.74) is 9.09. The predicted octanol–water partition coefficient (Wildman–Crippen LogP) is 3.48. The predicted molar refractivity (Wildman–Crippen MR) is 220 cm³/mol. The Bertz CT molecular complexity index is 1970. The van der Waals surface area contributed by atoms with Gasteiger partial charge in [0.2, 0.25) is 29.4 Å². The van der Waals surface area contributed by atoms with Crippen molar-refractivity contribution in [3.63, 3.8) is 0 Å². The highest BCUT2D eigenvalue weighted by atomic mass is 16.5. The highest BCUT2D eigenvalue weighted by Crippen LogP contribution is 2.31. The Morgan fingerprint density at radius 3 is 2.17 bits per heavy atom. The molecule has 6 amide bonds. The molecule has 2 unspecified atom stereocenters. The van der Waals surface area contributed by atoms with E-state index in [0.29, 0.717) is 17.5 Å². The Balaban J connectivity index is 1.32. The quantitative estimate of drug-likeness (QED) is 0.120. The number of carbonyl (C=O) groups is 7. The number of nitrogens with two attached hydrogens (primary N) is 1. The lowest BCUT2D eigenvalue weighted by Gasteiger charge is -2.35. The van der Waals surface area contributed by atoms with Crippen molar-refractivity contribution in [1.29, 1.82) is 0 Å². The van der Waals surface area contributed by atoms with Crippen molar-refractivity contribution in [2.24, 2.45) is 11.7 Å². The van der Waals surface area contributed by atoms with Crippen LogP contribution < -0.4 is 27.0 Å². The summed E-state index contributed by atoms with van der Waals surface area (Å²) < 4.78 is 6.26. The summed E-state index contributed by atoms with van der Waals surface area (Å²) in [7, 11) is 0. The number of hydrogen-bond acceptors (Lipinski definition) is 8. The maximum Gasteiger partial charge on any atom is 0.290 e. The van der Waals surface area contributed by atoms with Gasteiger partial charge in [0.15, 0.2) is 0 Å². The van der Waals surface area contributed by atoms with Gasteiger partial charge in [-0.3, -0.25) is 33.6 Å². The van der Waals surface area contributed by atoms with E-state index in [0.717, 1.165) is 48.8 Å². The number of hydrogen-bond donors (Lipinski definition) is 5. The highest BCUT2D eigenvalue weighted by molar-refractivity contribution is 6.38. The van der Waals surface area contributed by atoms with Gasteiger partial charge >= 0.3 is 0 Å². The standard InChI is InChI=1S/C45H56N6O8/c1-4-15-35(40(53)44(57)47-25-37(52)49-38(41(46)54)31-19-10-6-11-20-31)48-43(56)36-24-33(59-27-30-17-8-5-9-18-30)26-51(36)45(58)39(32-21-12-7-13-22-32)50-42(55)34-23-14-16-28(2)29(34)3/h5-6,8-11,14,16-20,23,32-33,35-36,38-39H,4,7,12-13,15,21-22,24-27H2,1-3H3,(H2,46,54)(H,47,57)(H,48,56)(H,49,52)(H,50,55)/t33-,35?,36+,38-,39?/m1/s1. The molecule has 5 rings (SSSR count). The van der Waals surface area contributed by atoms with Crippen LogP contribution in [-0.2, 0) is 40.1 Å². The number of nitrogens with one attached hydrogen (secondary N) is 4. The van der Waals surface area contributed by atoms with Crippen molar-refractivity contribution >= 4 is 41.2 Å². The van der Waals surface area contributed by atoms with Gasteiger partial charge in [0, 0.05) is 18.5 Å². The second-order valence-corrected chi connectivity index (χ2v) is 15.5. The molecule has 59 heavy (non-hydrogen) atoms. The normalized spacial score (nSPS) is 18.2. The van der Waals surface area contributed by atoms with Gasteiger partial charge in [-0.1, -0.05) is 105 Å². The number of nitrogens with zero attached hydrogens (tertiary/aromatic N) is 1. The number of benzene rings is 3.